The molecule has 2 aromatic carbocycles. The maximum Gasteiger partial charge on any atom is 0.244 e. The molecule has 0 unspecified atom stereocenters. The van der Waals surface area contributed by atoms with Gasteiger partial charge in [-0.15, -0.1) is 0 Å². The summed E-state index contributed by atoms with van der Waals surface area (Å²) < 4.78 is 12.5. The minimum absolute atomic E-state index is 0.157. The van der Waals surface area contributed by atoms with E-state index in [-0.39, 0.29) is 12.5 Å². The van der Waals surface area contributed by atoms with E-state index in [9.17, 15) is 4.79 Å². The number of anilines is 1. The topological polar surface area (TPSA) is 68.6 Å². The number of carbonyl (C=O) groups excluding carboxylic acids is 1. The number of methoxy groups -OCH3 is 2. The molecule has 1 amide bonds. The molecule has 0 saturated heterocycles. The first-order chi connectivity index (χ1) is 13.0. The lowest BCUT2D eigenvalue weighted by atomic mass is 10.2. The van der Waals surface area contributed by atoms with Crippen LogP contribution in [0.4, 0.5) is 5.69 Å². The van der Waals surface area contributed by atoms with Crippen molar-refractivity contribution in [2.45, 2.75) is 13.1 Å². The Balaban J connectivity index is 1.88. The van der Waals surface area contributed by atoms with E-state index in [0.717, 1.165) is 16.9 Å². The fourth-order valence-corrected chi connectivity index (χ4v) is 2.95. The van der Waals surface area contributed by atoms with Gasteiger partial charge in [-0.2, -0.15) is 0 Å². The minimum atomic E-state index is -0.162. The second kappa shape index (κ2) is 8.09. The number of nitrogens with one attached hydrogen (secondary N) is 1. The Morgan fingerprint density at radius 3 is 2.63 bits per heavy atom. The van der Waals surface area contributed by atoms with Crippen LogP contribution in [0, 0.1) is 0 Å². The van der Waals surface area contributed by atoms with Crippen LogP contribution in [-0.4, -0.2) is 48.7 Å². The van der Waals surface area contributed by atoms with Crippen molar-refractivity contribution < 1.29 is 14.3 Å². The Kier molecular flexibility index (Phi) is 5.61. The summed E-state index contributed by atoms with van der Waals surface area (Å²) in [5.41, 5.74) is 2.38. The van der Waals surface area contributed by atoms with E-state index in [0.29, 0.717) is 23.7 Å². The first-order valence-electron chi connectivity index (χ1n) is 8.62. The first-order valence-corrected chi connectivity index (χ1v) is 8.62. The Hall–Kier alpha value is -3.06. The van der Waals surface area contributed by atoms with Crippen molar-refractivity contribution in [3.63, 3.8) is 0 Å². The maximum atomic E-state index is 12.8. The van der Waals surface area contributed by atoms with E-state index in [1.807, 2.05) is 47.8 Å². The van der Waals surface area contributed by atoms with Crippen molar-refractivity contribution in [1.29, 1.82) is 0 Å². The minimum Gasteiger partial charge on any atom is -0.497 e. The number of rotatable bonds is 7. The zero-order chi connectivity index (χ0) is 19.4. The molecule has 0 aliphatic rings. The van der Waals surface area contributed by atoms with E-state index < -0.39 is 0 Å². The zero-order valence-corrected chi connectivity index (χ0v) is 16.0. The molecule has 7 nitrogen and oxygen atoms in total. The standard InChI is InChI=1S/C20H24N4O3/c1-23(2)12-19-21-15-7-5-6-8-17(15)24(19)13-20(25)22-16-11-14(26-3)9-10-18(16)27-4/h5-11H,12-13H2,1-4H3,(H,22,25). The van der Waals surface area contributed by atoms with Gasteiger partial charge in [-0.25, -0.2) is 4.98 Å². The first kappa shape index (κ1) is 18.7. The van der Waals surface area contributed by atoms with Gasteiger partial charge in [0.05, 0.1) is 37.5 Å². The van der Waals surface area contributed by atoms with Crippen molar-refractivity contribution in [1.82, 2.24) is 14.5 Å². The number of carbonyl (C=O) groups is 1. The van der Waals surface area contributed by atoms with Crippen LogP contribution in [0.25, 0.3) is 11.0 Å². The molecular formula is C20H24N4O3. The molecule has 0 bridgehead atoms. The Morgan fingerprint density at radius 1 is 1.15 bits per heavy atom. The summed E-state index contributed by atoms with van der Waals surface area (Å²) >= 11 is 0. The molecule has 7 heteroatoms. The molecule has 0 saturated carbocycles. The molecule has 0 spiro atoms. The molecule has 1 aromatic heterocycles. The predicted octanol–water partition coefficient (Wildman–Crippen LogP) is 2.75. The van der Waals surface area contributed by atoms with Gasteiger partial charge in [-0.1, -0.05) is 12.1 Å². The third kappa shape index (κ3) is 4.20. The summed E-state index contributed by atoms with van der Waals surface area (Å²) in [5.74, 6) is 1.90. The number of ether oxygens (including phenoxy) is 2. The summed E-state index contributed by atoms with van der Waals surface area (Å²) in [4.78, 5) is 19.5. The summed E-state index contributed by atoms with van der Waals surface area (Å²) in [5, 5.41) is 2.91. The second-order valence-electron chi connectivity index (χ2n) is 6.46. The molecule has 0 atom stereocenters. The monoisotopic (exact) mass is 368 g/mol. The fourth-order valence-electron chi connectivity index (χ4n) is 2.95. The third-order valence-corrected chi connectivity index (χ3v) is 4.17. The highest BCUT2D eigenvalue weighted by atomic mass is 16.5. The molecule has 1 N–H and O–H groups in total. The zero-order valence-electron chi connectivity index (χ0n) is 16.0. The number of amides is 1. The van der Waals surface area contributed by atoms with Gasteiger partial charge in [-0.05, 0) is 38.4 Å². The number of para-hydroxylation sites is 2. The van der Waals surface area contributed by atoms with Crippen LogP contribution in [0.5, 0.6) is 11.5 Å². The molecule has 0 aliphatic heterocycles. The van der Waals surface area contributed by atoms with Gasteiger partial charge in [-0.3, -0.25) is 4.79 Å². The van der Waals surface area contributed by atoms with Crippen molar-refractivity contribution >= 4 is 22.6 Å². The van der Waals surface area contributed by atoms with Gasteiger partial charge in [0.1, 0.15) is 23.9 Å². The predicted molar refractivity (Wildman–Crippen MR) is 105 cm³/mol. The number of nitrogens with zero attached hydrogens (tertiary/aromatic N) is 3. The van der Waals surface area contributed by atoms with Crippen molar-refractivity contribution in [2.75, 3.05) is 33.6 Å². The molecular weight excluding hydrogens is 344 g/mol. The molecule has 3 aromatic rings. The van der Waals surface area contributed by atoms with Crippen LogP contribution in [-0.2, 0) is 17.9 Å². The highest BCUT2D eigenvalue weighted by Gasteiger charge is 2.15. The summed E-state index contributed by atoms with van der Waals surface area (Å²) in [6.45, 7) is 0.800. The second-order valence-corrected chi connectivity index (χ2v) is 6.46. The van der Waals surface area contributed by atoms with E-state index in [1.54, 1.807) is 32.4 Å². The van der Waals surface area contributed by atoms with Gasteiger partial charge in [0.2, 0.25) is 5.91 Å². The van der Waals surface area contributed by atoms with Gasteiger partial charge >= 0.3 is 0 Å². The molecule has 0 radical (unpaired) electrons. The quantitative estimate of drug-likeness (QED) is 0.694. The Labute approximate surface area is 158 Å². The Morgan fingerprint density at radius 2 is 1.93 bits per heavy atom. The number of fused-ring (bicyclic) bond motifs is 1. The van der Waals surface area contributed by atoms with Crippen molar-refractivity contribution in [3.05, 3.63) is 48.3 Å². The average Bonchev–Trinajstić information content (AvgIpc) is 2.98. The number of aromatic nitrogens is 2. The number of hydrogen-bond donors (Lipinski definition) is 1. The lowest BCUT2D eigenvalue weighted by molar-refractivity contribution is -0.116. The van der Waals surface area contributed by atoms with E-state index >= 15 is 0 Å². The highest BCUT2D eigenvalue weighted by Crippen LogP contribution is 2.29. The van der Waals surface area contributed by atoms with Crippen LogP contribution in [0.2, 0.25) is 0 Å². The summed E-state index contributed by atoms with van der Waals surface area (Å²) in [6, 6.07) is 13.1. The third-order valence-electron chi connectivity index (χ3n) is 4.17. The molecule has 0 fully saturated rings. The van der Waals surface area contributed by atoms with Gasteiger partial charge in [0.25, 0.3) is 0 Å². The lowest BCUT2D eigenvalue weighted by Crippen LogP contribution is -2.22. The molecule has 27 heavy (non-hydrogen) atoms. The fraction of sp³-hybridized carbons (Fsp3) is 0.300. The van der Waals surface area contributed by atoms with Crippen LogP contribution in [0.3, 0.4) is 0 Å². The lowest BCUT2D eigenvalue weighted by Gasteiger charge is -2.14. The highest BCUT2D eigenvalue weighted by molar-refractivity contribution is 5.93. The molecule has 1 heterocycles. The number of benzene rings is 2. The van der Waals surface area contributed by atoms with Crippen LogP contribution >= 0.6 is 0 Å². The van der Waals surface area contributed by atoms with E-state index in [2.05, 4.69) is 10.3 Å². The summed E-state index contributed by atoms with van der Waals surface area (Å²) in [7, 11) is 7.10. The van der Waals surface area contributed by atoms with Crippen LogP contribution in [0.1, 0.15) is 5.82 Å². The van der Waals surface area contributed by atoms with Crippen molar-refractivity contribution in [2.24, 2.45) is 0 Å². The molecule has 0 aliphatic carbocycles. The van der Waals surface area contributed by atoms with Gasteiger partial charge in [0.15, 0.2) is 0 Å². The number of hydrogen-bond acceptors (Lipinski definition) is 5. The number of imidazole rings is 1. The van der Waals surface area contributed by atoms with Gasteiger partial charge in [0, 0.05) is 6.07 Å². The van der Waals surface area contributed by atoms with Gasteiger partial charge < -0.3 is 24.3 Å². The largest absolute Gasteiger partial charge is 0.497 e. The normalized spacial score (nSPS) is 11.0. The summed E-state index contributed by atoms with van der Waals surface area (Å²) in [6.07, 6.45) is 0. The van der Waals surface area contributed by atoms with E-state index in [4.69, 9.17) is 9.47 Å². The molecule has 142 valence electrons. The molecule has 3 rings (SSSR count). The average molecular weight is 368 g/mol. The van der Waals surface area contributed by atoms with Crippen LogP contribution < -0.4 is 14.8 Å². The van der Waals surface area contributed by atoms with Crippen molar-refractivity contribution in [3.8, 4) is 11.5 Å². The Bertz CT molecular complexity index is 950. The SMILES string of the molecule is COc1ccc(OC)c(NC(=O)Cn2c(CN(C)C)nc3ccccc32)c1. The smallest absolute Gasteiger partial charge is 0.244 e. The maximum absolute atomic E-state index is 12.8. The van der Waals surface area contributed by atoms with E-state index in [1.165, 1.54) is 0 Å². The van der Waals surface area contributed by atoms with Crippen LogP contribution in [0.15, 0.2) is 42.5 Å².